The molecule has 4 aromatic heterocycles. The molecule has 7 aromatic carbocycles. The van der Waals surface area contributed by atoms with Crippen LogP contribution in [-0.2, 0) is 6.42 Å². The van der Waals surface area contributed by atoms with Crippen LogP contribution in [0.4, 0.5) is 0 Å². The highest BCUT2D eigenvalue weighted by molar-refractivity contribution is 6.39. The normalized spacial score (nSPS) is 12.2. The molecule has 5 heteroatoms. The van der Waals surface area contributed by atoms with Crippen molar-refractivity contribution in [3.05, 3.63) is 157 Å². The molecule has 5 nitrogen and oxygen atoms in total. The summed E-state index contributed by atoms with van der Waals surface area (Å²) >= 11 is 0. The highest BCUT2D eigenvalue weighted by atomic mass is 16.3. The Kier molecular flexibility index (Phi) is 5.93. The topological polar surface area (TPSA) is 40.8 Å². The minimum Gasteiger partial charge on any atom is -0.454 e. The highest BCUT2D eigenvalue weighted by Crippen LogP contribution is 2.49. The number of hydrogen-bond donors (Lipinski definition) is 0. The second-order valence-corrected chi connectivity index (χ2v) is 13.4. The van der Waals surface area contributed by atoms with Crippen molar-refractivity contribution in [1.82, 2.24) is 18.7 Å². The number of fused-ring (bicyclic) bond motifs is 13. The molecule has 0 aliphatic rings. The molecule has 0 amide bonds. The van der Waals surface area contributed by atoms with E-state index in [1.807, 2.05) is 0 Å². The summed E-state index contributed by atoms with van der Waals surface area (Å²) in [6, 6.07) is 54.2. The van der Waals surface area contributed by atoms with Crippen molar-refractivity contribution in [3.63, 3.8) is 0 Å². The molecule has 0 fully saturated rings. The Labute approximate surface area is 293 Å². The van der Waals surface area contributed by atoms with E-state index < -0.39 is 0 Å². The first-order valence-corrected chi connectivity index (χ1v) is 17.7. The summed E-state index contributed by atoms with van der Waals surface area (Å²) in [4.78, 5) is 5.02. The van der Waals surface area contributed by atoms with E-state index >= 15 is 0 Å². The van der Waals surface area contributed by atoms with Gasteiger partial charge in [-0.3, -0.25) is 4.57 Å². The van der Waals surface area contributed by atoms with E-state index in [1.54, 1.807) is 0 Å². The molecule has 0 N–H and O–H groups in total. The number of aryl methyl sites for hydroxylation is 1. The second-order valence-electron chi connectivity index (χ2n) is 13.4. The zero-order valence-electron chi connectivity index (χ0n) is 28.0. The standard InChI is InChI=1S/C46H32N4O/c1-2-14-40-47-35-20-9-12-23-38(35)48(40)30-25-27-31(28-26-30)49-36-21-10-6-17-32(36)41-42-34-19-8-13-24-39(34)51-46(42)45-43(44(41)49)33-18-7-11-22-37(33)50(45)29-15-4-3-5-16-29/h3-13,15-28H,2,14H2,1H3. The van der Waals surface area contributed by atoms with Crippen LogP contribution in [0.5, 0.6) is 0 Å². The van der Waals surface area contributed by atoms with Crippen molar-refractivity contribution in [2.24, 2.45) is 0 Å². The first kappa shape index (κ1) is 28.3. The largest absolute Gasteiger partial charge is 0.454 e. The number of imidazole rings is 1. The zero-order valence-corrected chi connectivity index (χ0v) is 28.0. The summed E-state index contributed by atoms with van der Waals surface area (Å²) < 4.78 is 14.1. The van der Waals surface area contributed by atoms with Gasteiger partial charge in [0, 0.05) is 55.8 Å². The van der Waals surface area contributed by atoms with Crippen molar-refractivity contribution in [1.29, 1.82) is 0 Å². The van der Waals surface area contributed by atoms with Gasteiger partial charge >= 0.3 is 0 Å². The monoisotopic (exact) mass is 656 g/mol. The van der Waals surface area contributed by atoms with Crippen LogP contribution in [0, 0.1) is 0 Å². The van der Waals surface area contributed by atoms with Gasteiger partial charge in [-0.15, -0.1) is 0 Å². The fourth-order valence-corrected chi connectivity index (χ4v) is 8.50. The summed E-state index contributed by atoms with van der Waals surface area (Å²) in [5.41, 5.74) is 11.9. The molecule has 11 rings (SSSR count). The lowest BCUT2D eigenvalue weighted by Gasteiger charge is -2.13. The van der Waals surface area contributed by atoms with Crippen LogP contribution in [0.25, 0.3) is 93.6 Å². The molecule has 0 radical (unpaired) electrons. The Morgan fingerprint density at radius 1 is 0.471 bits per heavy atom. The van der Waals surface area contributed by atoms with Gasteiger partial charge in [-0.2, -0.15) is 0 Å². The molecule has 0 aliphatic heterocycles. The molecule has 0 spiro atoms. The van der Waals surface area contributed by atoms with E-state index in [0.717, 1.165) is 85.3 Å². The number of furan rings is 1. The van der Waals surface area contributed by atoms with Gasteiger partial charge in [0.1, 0.15) is 11.4 Å². The van der Waals surface area contributed by atoms with Crippen LogP contribution in [0.3, 0.4) is 0 Å². The summed E-state index contributed by atoms with van der Waals surface area (Å²) in [6.07, 6.45) is 1.95. The van der Waals surface area contributed by atoms with Gasteiger partial charge in [-0.25, -0.2) is 4.98 Å². The maximum Gasteiger partial charge on any atom is 0.160 e. The number of para-hydroxylation sites is 6. The maximum atomic E-state index is 6.91. The fourth-order valence-electron chi connectivity index (χ4n) is 8.50. The lowest BCUT2D eigenvalue weighted by Crippen LogP contribution is -2.02. The highest BCUT2D eigenvalue weighted by Gasteiger charge is 2.27. The predicted molar refractivity (Wildman–Crippen MR) is 211 cm³/mol. The van der Waals surface area contributed by atoms with Gasteiger partial charge in [0.05, 0.1) is 33.1 Å². The Hall–Kier alpha value is -6.59. The fraction of sp³-hybridized carbons (Fsp3) is 0.0652. The van der Waals surface area contributed by atoms with Crippen LogP contribution in [0.2, 0.25) is 0 Å². The molecule has 0 bridgehead atoms. The molecule has 242 valence electrons. The maximum absolute atomic E-state index is 6.91. The molecule has 0 unspecified atom stereocenters. The van der Waals surface area contributed by atoms with Gasteiger partial charge in [0.2, 0.25) is 0 Å². The first-order chi connectivity index (χ1) is 25.3. The Morgan fingerprint density at radius 3 is 1.75 bits per heavy atom. The molecular weight excluding hydrogens is 625 g/mol. The van der Waals surface area contributed by atoms with Crippen molar-refractivity contribution < 1.29 is 4.42 Å². The molecule has 0 saturated heterocycles. The van der Waals surface area contributed by atoms with E-state index in [1.165, 1.54) is 27.1 Å². The van der Waals surface area contributed by atoms with E-state index in [2.05, 4.69) is 172 Å². The first-order valence-electron chi connectivity index (χ1n) is 17.7. The summed E-state index contributed by atoms with van der Waals surface area (Å²) in [6.45, 7) is 2.21. The van der Waals surface area contributed by atoms with Crippen LogP contribution in [0.15, 0.2) is 156 Å². The quantitative estimate of drug-likeness (QED) is 0.185. The molecule has 0 saturated carbocycles. The number of aromatic nitrogens is 4. The third-order valence-electron chi connectivity index (χ3n) is 10.5. The molecular formula is C46H32N4O. The van der Waals surface area contributed by atoms with Gasteiger partial charge in [0.15, 0.2) is 5.58 Å². The van der Waals surface area contributed by atoms with Gasteiger partial charge in [0.25, 0.3) is 0 Å². The van der Waals surface area contributed by atoms with Crippen LogP contribution in [-0.4, -0.2) is 18.7 Å². The van der Waals surface area contributed by atoms with Crippen molar-refractivity contribution in [3.8, 4) is 17.1 Å². The number of nitrogens with zero attached hydrogens (tertiary/aromatic N) is 4. The average Bonchev–Trinajstić information content (AvgIpc) is 3.93. The van der Waals surface area contributed by atoms with Crippen LogP contribution < -0.4 is 0 Å². The lowest BCUT2D eigenvalue weighted by atomic mass is 10.0. The molecule has 11 aromatic rings. The van der Waals surface area contributed by atoms with Gasteiger partial charge in [-0.05, 0) is 73.2 Å². The van der Waals surface area contributed by atoms with Gasteiger partial charge in [-0.1, -0.05) is 91.9 Å². The summed E-state index contributed by atoms with van der Waals surface area (Å²) in [5, 5.41) is 7.06. The molecule has 0 atom stereocenters. The van der Waals surface area contributed by atoms with Crippen molar-refractivity contribution >= 4 is 76.6 Å². The third kappa shape index (κ3) is 3.89. The van der Waals surface area contributed by atoms with Crippen LogP contribution in [0.1, 0.15) is 19.2 Å². The van der Waals surface area contributed by atoms with E-state index in [-0.39, 0.29) is 0 Å². The number of rotatable bonds is 5. The predicted octanol–water partition coefficient (Wildman–Crippen LogP) is 12.1. The van der Waals surface area contributed by atoms with Crippen LogP contribution >= 0.6 is 0 Å². The Balaban J connectivity index is 1.31. The van der Waals surface area contributed by atoms with E-state index in [0.29, 0.717) is 0 Å². The summed E-state index contributed by atoms with van der Waals surface area (Å²) in [7, 11) is 0. The Bertz CT molecular complexity index is 3140. The average molecular weight is 657 g/mol. The minimum absolute atomic E-state index is 0.891. The van der Waals surface area contributed by atoms with Gasteiger partial charge < -0.3 is 13.6 Å². The third-order valence-corrected chi connectivity index (χ3v) is 10.5. The van der Waals surface area contributed by atoms with Crippen molar-refractivity contribution in [2.45, 2.75) is 19.8 Å². The molecule has 0 aliphatic carbocycles. The zero-order chi connectivity index (χ0) is 33.6. The molecule has 4 heterocycles. The molecule has 51 heavy (non-hydrogen) atoms. The van der Waals surface area contributed by atoms with E-state index in [9.17, 15) is 0 Å². The number of benzene rings is 7. The Morgan fingerprint density at radius 2 is 1.02 bits per heavy atom. The van der Waals surface area contributed by atoms with E-state index in [4.69, 9.17) is 9.40 Å². The lowest BCUT2D eigenvalue weighted by molar-refractivity contribution is 0.671. The SMILES string of the molecule is CCCc1nc2ccccc2n1-c1ccc(-n2c3ccccc3c3c4c5ccccc5oc4c4c(c5ccccc5n4-c4ccccc4)c32)cc1. The minimum atomic E-state index is 0.891. The summed E-state index contributed by atoms with van der Waals surface area (Å²) in [5.74, 6) is 1.09. The smallest absolute Gasteiger partial charge is 0.160 e. The van der Waals surface area contributed by atoms with Crippen molar-refractivity contribution in [2.75, 3.05) is 0 Å². The second kappa shape index (κ2) is 10.7. The number of hydrogen-bond acceptors (Lipinski definition) is 2.